The third kappa shape index (κ3) is 4.08. The number of alkyl halides is 1. The predicted octanol–water partition coefficient (Wildman–Crippen LogP) is 2.90. The van der Waals surface area contributed by atoms with Crippen molar-refractivity contribution < 1.29 is 4.39 Å². The molecule has 0 aromatic carbocycles. The van der Waals surface area contributed by atoms with Crippen molar-refractivity contribution in [2.45, 2.75) is 51.6 Å². The molecule has 0 aromatic rings. The minimum atomic E-state index is -0.556. The van der Waals surface area contributed by atoms with Crippen molar-refractivity contribution in [2.75, 3.05) is 13.1 Å². The Balaban J connectivity index is 2.09. The highest BCUT2D eigenvalue weighted by molar-refractivity contribution is 4.75. The van der Waals surface area contributed by atoms with Gasteiger partial charge in [0.15, 0.2) is 0 Å². The summed E-state index contributed by atoms with van der Waals surface area (Å²) < 4.78 is 13.6. The minimum Gasteiger partial charge on any atom is -0.316 e. The van der Waals surface area contributed by atoms with E-state index < -0.39 is 6.17 Å². The highest BCUT2D eigenvalue weighted by Gasteiger charge is 2.22. The van der Waals surface area contributed by atoms with Gasteiger partial charge >= 0.3 is 0 Å². The molecule has 0 spiro atoms. The molecule has 1 nitrogen and oxygen atoms in total. The van der Waals surface area contributed by atoms with Gasteiger partial charge < -0.3 is 5.32 Å². The molecule has 0 radical (unpaired) electrons. The lowest BCUT2D eigenvalue weighted by atomic mass is 9.92. The second-order valence-corrected chi connectivity index (χ2v) is 4.12. The van der Waals surface area contributed by atoms with Crippen LogP contribution in [0.5, 0.6) is 0 Å². The van der Waals surface area contributed by atoms with Gasteiger partial charge in [-0.2, -0.15) is 0 Å². The van der Waals surface area contributed by atoms with Gasteiger partial charge in [-0.1, -0.05) is 26.2 Å². The molecule has 0 aliphatic carbocycles. The Morgan fingerprint density at radius 3 is 2.92 bits per heavy atom. The molecular formula is C11H22FN. The monoisotopic (exact) mass is 187 g/mol. The first-order valence-corrected chi connectivity index (χ1v) is 5.69. The topological polar surface area (TPSA) is 12.0 Å². The average molecular weight is 187 g/mol. The van der Waals surface area contributed by atoms with Crippen LogP contribution in [0.2, 0.25) is 0 Å². The van der Waals surface area contributed by atoms with Crippen LogP contribution < -0.4 is 5.32 Å². The SMILES string of the molecule is CCCCCC(F)C1CCCNC1. The third-order valence-corrected chi connectivity index (χ3v) is 2.93. The van der Waals surface area contributed by atoms with Crippen molar-refractivity contribution in [3.8, 4) is 0 Å². The zero-order valence-corrected chi connectivity index (χ0v) is 8.69. The van der Waals surface area contributed by atoms with Crippen molar-refractivity contribution >= 4 is 0 Å². The Kier molecular flexibility index (Phi) is 5.37. The molecular weight excluding hydrogens is 165 g/mol. The number of halogens is 1. The van der Waals surface area contributed by atoms with Crippen molar-refractivity contribution in [1.29, 1.82) is 0 Å². The van der Waals surface area contributed by atoms with Gasteiger partial charge in [0.05, 0.1) is 0 Å². The summed E-state index contributed by atoms with van der Waals surface area (Å²) in [6.45, 7) is 4.14. The molecule has 0 saturated carbocycles. The number of piperidine rings is 1. The highest BCUT2D eigenvalue weighted by atomic mass is 19.1. The van der Waals surface area contributed by atoms with Crippen LogP contribution >= 0.6 is 0 Å². The summed E-state index contributed by atoms with van der Waals surface area (Å²) in [6.07, 6.45) is 5.89. The van der Waals surface area contributed by atoms with Crippen LogP contribution in [-0.2, 0) is 0 Å². The summed E-state index contributed by atoms with van der Waals surface area (Å²) in [4.78, 5) is 0. The molecule has 1 saturated heterocycles. The molecule has 1 N–H and O–H groups in total. The number of rotatable bonds is 5. The summed E-state index contributed by atoms with van der Waals surface area (Å²) in [5.74, 6) is 0.297. The fraction of sp³-hybridized carbons (Fsp3) is 1.00. The second-order valence-electron chi connectivity index (χ2n) is 4.12. The Bertz CT molecular complexity index is 121. The zero-order valence-electron chi connectivity index (χ0n) is 8.69. The molecule has 13 heavy (non-hydrogen) atoms. The molecule has 1 aliphatic rings. The Labute approximate surface area is 81.1 Å². The zero-order chi connectivity index (χ0) is 9.52. The number of unbranched alkanes of at least 4 members (excludes halogenated alkanes) is 2. The van der Waals surface area contributed by atoms with Gasteiger partial charge in [0.2, 0.25) is 0 Å². The molecule has 1 heterocycles. The van der Waals surface area contributed by atoms with Gasteiger partial charge in [-0.25, -0.2) is 4.39 Å². The van der Waals surface area contributed by atoms with Crippen molar-refractivity contribution in [3.05, 3.63) is 0 Å². The normalized spacial score (nSPS) is 25.8. The van der Waals surface area contributed by atoms with E-state index in [4.69, 9.17) is 0 Å². The van der Waals surface area contributed by atoms with E-state index in [2.05, 4.69) is 12.2 Å². The fourth-order valence-corrected chi connectivity index (χ4v) is 2.01. The summed E-state index contributed by atoms with van der Waals surface area (Å²) in [6, 6.07) is 0. The van der Waals surface area contributed by atoms with Crippen LogP contribution in [0.1, 0.15) is 45.4 Å². The Morgan fingerprint density at radius 1 is 1.46 bits per heavy atom. The molecule has 2 heteroatoms. The summed E-state index contributed by atoms with van der Waals surface area (Å²) >= 11 is 0. The first-order valence-electron chi connectivity index (χ1n) is 5.69. The van der Waals surface area contributed by atoms with Crippen LogP contribution in [0.15, 0.2) is 0 Å². The van der Waals surface area contributed by atoms with Gasteiger partial charge in [-0.15, -0.1) is 0 Å². The molecule has 2 atom stereocenters. The smallest absolute Gasteiger partial charge is 0.104 e. The molecule has 0 amide bonds. The summed E-state index contributed by atoms with van der Waals surface area (Å²) in [5.41, 5.74) is 0. The molecule has 1 aliphatic heterocycles. The van der Waals surface area contributed by atoms with Crippen LogP contribution in [0.25, 0.3) is 0 Å². The van der Waals surface area contributed by atoms with Crippen LogP contribution in [0, 0.1) is 5.92 Å². The molecule has 1 rings (SSSR count). The average Bonchev–Trinajstić information content (AvgIpc) is 2.19. The van der Waals surface area contributed by atoms with Crippen molar-refractivity contribution in [3.63, 3.8) is 0 Å². The van der Waals surface area contributed by atoms with E-state index in [1.54, 1.807) is 0 Å². The molecule has 78 valence electrons. The number of hydrogen-bond donors (Lipinski definition) is 1. The number of nitrogens with one attached hydrogen (secondary N) is 1. The fourth-order valence-electron chi connectivity index (χ4n) is 2.01. The van der Waals surface area contributed by atoms with Crippen LogP contribution in [-0.4, -0.2) is 19.3 Å². The maximum Gasteiger partial charge on any atom is 0.104 e. The summed E-state index contributed by atoms with van der Waals surface area (Å²) in [7, 11) is 0. The van der Waals surface area contributed by atoms with E-state index in [0.29, 0.717) is 5.92 Å². The van der Waals surface area contributed by atoms with Gasteiger partial charge in [-0.05, 0) is 25.8 Å². The lowest BCUT2D eigenvalue weighted by Crippen LogP contribution is -2.35. The second kappa shape index (κ2) is 6.36. The minimum absolute atomic E-state index is 0.297. The van der Waals surface area contributed by atoms with Gasteiger partial charge in [-0.3, -0.25) is 0 Å². The van der Waals surface area contributed by atoms with E-state index in [-0.39, 0.29) is 0 Å². The first kappa shape index (κ1) is 11.0. The molecule has 0 bridgehead atoms. The summed E-state index contributed by atoms with van der Waals surface area (Å²) in [5, 5.41) is 3.27. The van der Waals surface area contributed by atoms with E-state index in [9.17, 15) is 4.39 Å². The maximum atomic E-state index is 13.6. The van der Waals surface area contributed by atoms with Crippen LogP contribution in [0.4, 0.5) is 4.39 Å². The van der Waals surface area contributed by atoms with Crippen molar-refractivity contribution in [2.24, 2.45) is 5.92 Å². The van der Waals surface area contributed by atoms with E-state index in [1.165, 1.54) is 12.8 Å². The highest BCUT2D eigenvalue weighted by Crippen LogP contribution is 2.21. The first-order chi connectivity index (χ1) is 6.34. The lowest BCUT2D eigenvalue weighted by Gasteiger charge is -2.25. The van der Waals surface area contributed by atoms with E-state index in [0.717, 1.165) is 38.8 Å². The quantitative estimate of drug-likeness (QED) is 0.653. The van der Waals surface area contributed by atoms with E-state index in [1.807, 2.05) is 0 Å². The lowest BCUT2D eigenvalue weighted by molar-refractivity contribution is 0.177. The largest absolute Gasteiger partial charge is 0.316 e. The predicted molar refractivity (Wildman–Crippen MR) is 54.6 cm³/mol. The number of hydrogen-bond acceptors (Lipinski definition) is 1. The molecule has 0 aromatic heterocycles. The standard InChI is InChI=1S/C11H22FN/c1-2-3-4-7-11(12)10-6-5-8-13-9-10/h10-11,13H,2-9H2,1H3. The van der Waals surface area contributed by atoms with E-state index >= 15 is 0 Å². The Hall–Kier alpha value is -0.110. The Morgan fingerprint density at radius 2 is 2.31 bits per heavy atom. The van der Waals surface area contributed by atoms with Gasteiger partial charge in [0, 0.05) is 12.5 Å². The van der Waals surface area contributed by atoms with Crippen molar-refractivity contribution in [1.82, 2.24) is 5.32 Å². The third-order valence-electron chi connectivity index (χ3n) is 2.93. The van der Waals surface area contributed by atoms with Gasteiger partial charge in [0.25, 0.3) is 0 Å². The van der Waals surface area contributed by atoms with Gasteiger partial charge in [0.1, 0.15) is 6.17 Å². The van der Waals surface area contributed by atoms with Crippen LogP contribution in [0.3, 0.4) is 0 Å². The molecule has 1 fully saturated rings. The molecule has 2 unspecified atom stereocenters. The maximum absolute atomic E-state index is 13.6.